The van der Waals surface area contributed by atoms with E-state index in [0.717, 1.165) is 18.8 Å². The van der Waals surface area contributed by atoms with Crippen LogP contribution in [0.1, 0.15) is 30.7 Å². The number of anilines is 2. The highest BCUT2D eigenvalue weighted by Gasteiger charge is 2.05. The zero-order valence-corrected chi connectivity index (χ0v) is 11.9. The lowest BCUT2D eigenvalue weighted by Gasteiger charge is -2.13. The Morgan fingerprint density at radius 3 is 2.55 bits per heavy atom. The largest absolute Gasteiger partial charge is 0.370 e. The number of hydrogen-bond acceptors (Lipinski definition) is 5. The molecule has 2 aromatic rings. The van der Waals surface area contributed by atoms with Crippen LogP contribution < -0.4 is 16.6 Å². The van der Waals surface area contributed by atoms with Gasteiger partial charge in [-0.25, -0.2) is 15.8 Å². The van der Waals surface area contributed by atoms with E-state index < -0.39 is 0 Å². The van der Waals surface area contributed by atoms with Crippen LogP contribution in [0.2, 0.25) is 0 Å². The summed E-state index contributed by atoms with van der Waals surface area (Å²) in [6.45, 7) is 4.93. The summed E-state index contributed by atoms with van der Waals surface area (Å²) in [6, 6.07) is 12.3. The second kappa shape index (κ2) is 6.86. The van der Waals surface area contributed by atoms with Crippen molar-refractivity contribution in [3.63, 3.8) is 0 Å². The molecule has 5 heteroatoms. The predicted octanol–water partition coefficient (Wildman–Crippen LogP) is 2.68. The Labute approximate surface area is 119 Å². The Morgan fingerprint density at radius 2 is 1.85 bits per heavy atom. The average Bonchev–Trinajstić information content (AvgIpc) is 2.47. The van der Waals surface area contributed by atoms with Crippen LogP contribution in [-0.2, 0) is 0 Å². The lowest BCUT2D eigenvalue weighted by atomic mass is 9.98. The van der Waals surface area contributed by atoms with Crippen molar-refractivity contribution in [3.05, 3.63) is 47.8 Å². The summed E-state index contributed by atoms with van der Waals surface area (Å²) in [5.74, 6) is 8.00. The van der Waals surface area contributed by atoms with Gasteiger partial charge in [0.05, 0.1) is 0 Å². The maximum Gasteiger partial charge on any atom is 0.145 e. The van der Waals surface area contributed by atoms with Gasteiger partial charge < -0.3 is 10.7 Å². The minimum atomic E-state index is 0.513. The summed E-state index contributed by atoms with van der Waals surface area (Å²) in [7, 11) is 0. The van der Waals surface area contributed by atoms with Crippen molar-refractivity contribution in [1.82, 2.24) is 9.97 Å². The number of nitrogens with zero attached hydrogens (tertiary/aromatic N) is 2. The van der Waals surface area contributed by atoms with Crippen molar-refractivity contribution >= 4 is 11.6 Å². The molecule has 2 rings (SSSR count). The number of aryl methyl sites for hydroxylation is 1. The topological polar surface area (TPSA) is 75.9 Å². The lowest BCUT2D eigenvalue weighted by molar-refractivity contribution is 0.704. The summed E-state index contributed by atoms with van der Waals surface area (Å²) in [5.41, 5.74) is 3.90. The molecule has 1 aromatic carbocycles. The van der Waals surface area contributed by atoms with Gasteiger partial charge in [-0.1, -0.05) is 37.3 Å². The van der Waals surface area contributed by atoms with E-state index in [1.165, 1.54) is 5.56 Å². The fraction of sp³-hybridized carbons (Fsp3) is 0.333. The smallest absolute Gasteiger partial charge is 0.145 e. The van der Waals surface area contributed by atoms with Gasteiger partial charge in [-0.3, -0.25) is 0 Å². The Bertz CT molecular complexity index is 541. The molecule has 106 valence electrons. The molecule has 0 fully saturated rings. The van der Waals surface area contributed by atoms with Crippen molar-refractivity contribution in [1.29, 1.82) is 0 Å². The van der Waals surface area contributed by atoms with Crippen LogP contribution in [0.15, 0.2) is 36.4 Å². The van der Waals surface area contributed by atoms with E-state index in [1.54, 1.807) is 6.07 Å². The molecule has 0 saturated carbocycles. The Kier molecular flexibility index (Phi) is 4.90. The molecule has 0 aliphatic heterocycles. The third-order valence-corrected chi connectivity index (χ3v) is 3.24. The zero-order chi connectivity index (χ0) is 14.4. The molecule has 0 bridgehead atoms. The number of aromatic nitrogens is 2. The van der Waals surface area contributed by atoms with Crippen LogP contribution in [0, 0.1) is 6.92 Å². The summed E-state index contributed by atoms with van der Waals surface area (Å²) >= 11 is 0. The Balaban J connectivity index is 1.88. The summed E-state index contributed by atoms with van der Waals surface area (Å²) in [4.78, 5) is 8.49. The van der Waals surface area contributed by atoms with Crippen molar-refractivity contribution in [2.45, 2.75) is 26.2 Å². The second-order valence-electron chi connectivity index (χ2n) is 4.86. The van der Waals surface area contributed by atoms with E-state index in [2.05, 4.69) is 51.9 Å². The second-order valence-corrected chi connectivity index (χ2v) is 4.86. The third-order valence-electron chi connectivity index (χ3n) is 3.24. The van der Waals surface area contributed by atoms with Crippen molar-refractivity contribution in [2.75, 3.05) is 17.3 Å². The predicted molar refractivity (Wildman–Crippen MR) is 82.5 cm³/mol. The Hall–Kier alpha value is -2.14. The first-order chi connectivity index (χ1) is 9.69. The molecule has 1 heterocycles. The van der Waals surface area contributed by atoms with Gasteiger partial charge in [-0.2, -0.15) is 0 Å². The monoisotopic (exact) mass is 271 g/mol. The standard InChI is InChI=1S/C15H21N5/c1-11(13-6-4-3-5-7-13)8-9-17-14-10-15(20-16)19-12(2)18-14/h3-7,10-11H,8-9,16H2,1-2H3,(H2,17,18,19,20). The van der Waals surface area contributed by atoms with Gasteiger partial charge in [0.15, 0.2) is 0 Å². The van der Waals surface area contributed by atoms with Crippen LogP contribution >= 0.6 is 0 Å². The van der Waals surface area contributed by atoms with E-state index in [9.17, 15) is 0 Å². The molecule has 1 unspecified atom stereocenters. The van der Waals surface area contributed by atoms with Crippen LogP contribution in [0.3, 0.4) is 0 Å². The van der Waals surface area contributed by atoms with Crippen molar-refractivity contribution in [3.8, 4) is 0 Å². The van der Waals surface area contributed by atoms with Gasteiger partial charge in [0.2, 0.25) is 0 Å². The number of rotatable bonds is 6. The number of nitrogens with one attached hydrogen (secondary N) is 2. The van der Waals surface area contributed by atoms with Crippen LogP contribution in [0.4, 0.5) is 11.6 Å². The number of benzene rings is 1. The zero-order valence-electron chi connectivity index (χ0n) is 11.9. The lowest BCUT2D eigenvalue weighted by Crippen LogP contribution is -2.12. The van der Waals surface area contributed by atoms with Gasteiger partial charge in [0.25, 0.3) is 0 Å². The SMILES string of the molecule is Cc1nc(NN)cc(NCCC(C)c2ccccc2)n1. The first-order valence-electron chi connectivity index (χ1n) is 6.80. The minimum Gasteiger partial charge on any atom is -0.370 e. The molecule has 5 nitrogen and oxygen atoms in total. The maximum absolute atomic E-state index is 5.37. The maximum atomic E-state index is 5.37. The van der Waals surface area contributed by atoms with E-state index in [-0.39, 0.29) is 0 Å². The van der Waals surface area contributed by atoms with Crippen molar-refractivity contribution in [2.24, 2.45) is 5.84 Å². The highest BCUT2D eigenvalue weighted by Crippen LogP contribution is 2.18. The molecule has 0 aliphatic carbocycles. The molecule has 4 N–H and O–H groups in total. The number of hydrazine groups is 1. The van der Waals surface area contributed by atoms with Crippen LogP contribution in [0.25, 0.3) is 0 Å². The highest BCUT2D eigenvalue weighted by molar-refractivity contribution is 5.46. The van der Waals surface area contributed by atoms with E-state index in [1.807, 2.05) is 13.0 Å². The molecule has 0 amide bonds. The number of nitrogen functional groups attached to an aromatic ring is 1. The quantitative estimate of drug-likeness (QED) is 0.556. The molecule has 1 atom stereocenters. The van der Waals surface area contributed by atoms with Gasteiger partial charge in [-0.15, -0.1) is 0 Å². The molecular formula is C15H21N5. The van der Waals surface area contributed by atoms with Crippen molar-refractivity contribution < 1.29 is 0 Å². The van der Waals surface area contributed by atoms with Crippen LogP contribution in [-0.4, -0.2) is 16.5 Å². The van der Waals surface area contributed by atoms with E-state index in [0.29, 0.717) is 17.6 Å². The van der Waals surface area contributed by atoms with E-state index >= 15 is 0 Å². The van der Waals surface area contributed by atoms with Crippen LogP contribution in [0.5, 0.6) is 0 Å². The number of nitrogens with two attached hydrogens (primary N) is 1. The third kappa shape index (κ3) is 3.93. The van der Waals surface area contributed by atoms with Gasteiger partial charge in [-0.05, 0) is 24.8 Å². The summed E-state index contributed by atoms with van der Waals surface area (Å²) < 4.78 is 0. The van der Waals surface area contributed by atoms with Gasteiger partial charge in [0, 0.05) is 12.6 Å². The molecule has 1 aromatic heterocycles. The average molecular weight is 271 g/mol. The first-order valence-corrected chi connectivity index (χ1v) is 6.80. The Morgan fingerprint density at radius 1 is 1.15 bits per heavy atom. The molecule has 0 radical (unpaired) electrons. The first kappa shape index (κ1) is 14.3. The normalized spacial score (nSPS) is 11.9. The van der Waals surface area contributed by atoms with Gasteiger partial charge >= 0.3 is 0 Å². The van der Waals surface area contributed by atoms with E-state index in [4.69, 9.17) is 5.84 Å². The molecule has 0 saturated heterocycles. The fourth-order valence-electron chi connectivity index (χ4n) is 2.10. The molecular weight excluding hydrogens is 250 g/mol. The molecule has 0 spiro atoms. The fourth-order valence-corrected chi connectivity index (χ4v) is 2.10. The van der Waals surface area contributed by atoms with Gasteiger partial charge in [0.1, 0.15) is 17.5 Å². The molecule has 20 heavy (non-hydrogen) atoms. The summed E-state index contributed by atoms with van der Waals surface area (Å²) in [6.07, 6.45) is 1.04. The summed E-state index contributed by atoms with van der Waals surface area (Å²) in [5, 5.41) is 3.31. The highest BCUT2D eigenvalue weighted by atomic mass is 15.3. The molecule has 0 aliphatic rings. The number of hydrogen-bond donors (Lipinski definition) is 3. The minimum absolute atomic E-state index is 0.513.